The molecule has 1 unspecified atom stereocenters. The van der Waals surface area contributed by atoms with E-state index in [0.29, 0.717) is 17.3 Å². The largest absolute Gasteiger partial charge is 0.308 e. The molecule has 0 fully saturated rings. The van der Waals surface area contributed by atoms with Crippen molar-refractivity contribution in [2.24, 2.45) is 5.92 Å². The van der Waals surface area contributed by atoms with E-state index < -0.39 is 0 Å². The Kier molecular flexibility index (Phi) is 5.15. The van der Waals surface area contributed by atoms with E-state index in [9.17, 15) is 4.79 Å². The minimum absolute atomic E-state index is 0.0118. The van der Waals surface area contributed by atoms with Crippen molar-refractivity contribution >= 4 is 17.4 Å². The molecule has 0 amide bonds. The summed E-state index contributed by atoms with van der Waals surface area (Å²) in [5.74, 6) is 0.0658. The third-order valence-corrected chi connectivity index (χ3v) is 3.12. The standard InChI is InChI=1S/C12H20ClN3O/c1-5-9(2)12(17)11-10(13)8-14-16(11)7-6-15(3)4/h8-9H,5-7H2,1-4H3. The van der Waals surface area contributed by atoms with Crippen LogP contribution in [-0.4, -0.2) is 41.1 Å². The molecule has 0 radical (unpaired) electrons. The van der Waals surface area contributed by atoms with Crippen LogP contribution in [0.25, 0.3) is 0 Å². The fourth-order valence-corrected chi connectivity index (χ4v) is 1.72. The van der Waals surface area contributed by atoms with Gasteiger partial charge in [-0.05, 0) is 20.5 Å². The zero-order valence-corrected chi connectivity index (χ0v) is 11.7. The molecule has 96 valence electrons. The van der Waals surface area contributed by atoms with E-state index in [2.05, 4.69) is 5.10 Å². The highest BCUT2D eigenvalue weighted by Crippen LogP contribution is 2.20. The molecule has 0 aromatic carbocycles. The molecule has 4 nitrogen and oxygen atoms in total. The molecule has 1 aromatic heterocycles. The summed E-state index contributed by atoms with van der Waals surface area (Å²) in [6.07, 6.45) is 2.36. The molecule has 0 saturated carbocycles. The first kappa shape index (κ1) is 14.2. The van der Waals surface area contributed by atoms with Crippen LogP contribution < -0.4 is 0 Å². The van der Waals surface area contributed by atoms with Crippen molar-refractivity contribution in [2.45, 2.75) is 26.8 Å². The maximum atomic E-state index is 12.2. The lowest BCUT2D eigenvalue weighted by Crippen LogP contribution is -2.23. The summed E-state index contributed by atoms with van der Waals surface area (Å²) in [6.45, 7) is 5.43. The number of hydrogen-bond acceptors (Lipinski definition) is 3. The summed E-state index contributed by atoms with van der Waals surface area (Å²) in [5, 5.41) is 4.62. The Morgan fingerprint density at radius 2 is 2.24 bits per heavy atom. The van der Waals surface area contributed by atoms with Crippen molar-refractivity contribution in [1.29, 1.82) is 0 Å². The number of likely N-dealkylation sites (N-methyl/N-ethyl adjacent to an activating group) is 1. The van der Waals surface area contributed by atoms with Crippen LogP contribution in [0.3, 0.4) is 0 Å². The topological polar surface area (TPSA) is 38.1 Å². The molecule has 0 saturated heterocycles. The maximum absolute atomic E-state index is 12.2. The van der Waals surface area contributed by atoms with E-state index in [4.69, 9.17) is 11.6 Å². The molecule has 5 heteroatoms. The van der Waals surface area contributed by atoms with Gasteiger partial charge in [-0.15, -0.1) is 0 Å². The first-order valence-corrected chi connectivity index (χ1v) is 6.25. The number of carbonyl (C=O) groups excluding carboxylic acids is 1. The second-order valence-corrected chi connectivity index (χ2v) is 4.95. The molecule has 1 heterocycles. The van der Waals surface area contributed by atoms with Gasteiger partial charge in [0.2, 0.25) is 0 Å². The van der Waals surface area contributed by atoms with Gasteiger partial charge in [0.15, 0.2) is 5.78 Å². The fraction of sp³-hybridized carbons (Fsp3) is 0.667. The van der Waals surface area contributed by atoms with Gasteiger partial charge in [-0.2, -0.15) is 5.10 Å². The molecule has 0 aliphatic rings. The number of aromatic nitrogens is 2. The van der Waals surface area contributed by atoms with E-state index in [-0.39, 0.29) is 11.7 Å². The van der Waals surface area contributed by atoms with Crippen LogP contribution >= 0.6 is 11.6 Å². The molecule has 0 spiro atoms. The number of rotatable bonds is 6. The highest BCUT2D eigenvalue weighted by molar-refractivity contribution is 6.33. The van der Waals surface area contributed by atoms with Crippen molar-refractivity contribution in [3.8, 4) is 0 Å². The van der Waals surface area contributed by atoms with Crippen LogP contribution in [0.1, 0.15) is 30.8 Å². The zero-order valence-electron chi connectivity index (χ0n) is 10.9. The second-order valence-electron chi connectivity index (χ2n) is 4.54. The number of hydrogen-bond donors (Lipinski definition) is 0. The van der Waals surface area contributed by atoms with Crippen molar-refractivity contribution < 1.29 is 4.79 Å². The molecule has 1 rings (SSSR count). The van der Waals surface area contributed by atoms with Gasteiger partial charge in [-0.1, -0.05) is 25.4 Å². The lowest BCUT2D eigenvalue weighted by molar-refractivity contribution is 0.0915. The lowest BCUT2D eigenvalue weighted by atomic mass is 10.0. The van der Waals surface area contributed by atoms with E-state index >= 15 is 0 Å². The summed E-state index contributed by atoms with van der Waals surface area (Å²) in [7, 11) is 3.97. The molecule has 0 bridgehead atoms. The number of nitrogens with zero attached hydrogens (tertiary/aromatic N) is 3. The van der Waals surface area contributed by atoms with Crippen molar-refractivity contribution in [3.63, 3.8) is 0 Å². The zero-order chi connectivity index (χ0) is 13.0. The number of ketones is 1. The van der Waals surface area contributed by atoms with Gasteiger partial charge in [-0.25, -0.2) is 0 Å². The van der Waals surface area contributed by atoms with Gasteiger partial charge < -0.3 is 4.90 Å². The third kappa shape index (κ3) is 3.54. The minimum Gasteiger partial charge on any atom is -0.308 e. The van der Waals surface area contributed by atoms with Gasteiger partial charge in [0.1, 0.15) is 5.69 Å². The molecule has 1 aromatic rings. The minimum atomic E-state index is -0.0118. The Morgan fingerprint density at radius 1 is 1.59 bits per heavy atom. The number of halogens is 1. The third-order valence-electron chi connectivity index (χ3n) is 2.85. The Hall–Kier alpha value is -0.870. The van der Waals surface area contributed by atoms with Gasteiger partial charge in [-0.3, -0.25) is 9.48 Å². The molecule has 17 heavy (non-hydrogen) atoms. The van der Waals surface area contributed by atoms with Gasteiger partial charge in [0.05, 0.1) is 17.8 Å². The molecule has 0 aliphatic heterocycles. The lowest BCUT2D eigenvalue weighted by Gasteiger charge is -2.13. The predicted molar refractivity (Wildman–Crippen MR) is 69.6 cm³/mol. The van der Waals surface area contributed by atoms with Crippen molar-refractivity contribution in [1.82, 2.24) is 14.7 Å². The van der Waals surface area contributed by atoms with Crippen LogP contribution in [0.2, 0.25) is 5.02 Å². The average Bonchev–Trinajstić information content (AvgIpc) is 2.65. The van der Waals surface area contributed by atoms with Crippen molar-refractivity contribution in [3.05, 3.63) is 16.9 Å². The molecule has 0 N–H and O–H groups in total. The quantitative estimate of drug-likeness (QED) is 0.734. The van der Waals surface area contributed by atoms with Crippen LogP contribution in [0.5, 0.6) is 0 Å². The molecular weight excluding hydrogens is 238 g/mol. The highest BCUT2D eigenvalue weighted by atomic mass is 35.5. The Balaban J connectivity index is 2.90. The summed E-state index contributed by atoms with van der Waals surface area (Å²) >= 11 is 6.04. The van der Waals surface area contributed by atoms with Crippen molar-refractivity contribution in [2.75, 3.05) is 20.6 Å². The molecule has 1 atom stereocenters. The first-order chi connectivity index (χ1) is 7.97. The average molecular weight is 258 g/mol. The maximum Gasteiger partial charge on any atom is 0.185 e. The van der Waals surface area contributed by atoms with Gasteiger partial charge in [0, 0.05) is 12.5 Å². The fourth-order valence-electron chi connectivity index (χ4n) is 1.49. The van der Waals surface area contributed by atoms with Gasteiger partial charge >= 0.3 is 0 Å². The smallest absolute Gasteiger partial charge is 0.185 e. The number of Topliss-reactive ketones (excluding diaryl/α,β-unsaturated/α-hetero) is 1. The summed E-state index contributed by atoms with van der Waals surface area (Å²) in [6, 6.07) is 0. The second kappa shape index (κ2) is 6.17. The number of carbonyl (C=O) groups is 1. The van der Waals surface area contributed by atoms with E-state index in [1.54, 1.807) is 10.9 Å². The molecule has 0 aliphatic carbocycles. The monoisotopic (exact) mass is 257 g/mol. The summed E-state index contributed by atoms with van der Waals surface area (Å²) in [5.41, 5.74) is 0.544. The Morgan fingerprint density at radius 3 is 2.76 bits per heavy atom. The Labute approximate surface area is 108 Å². The molecular formula is C12H20ClN3O. The Bertz CT molecular complexity index is 387. The van der Waals surface area contributed by atoms with E-state index in [0.717, 1.165) is 13.0 Å². The van der Waals surface area contributed by atoms with E-state index in [1.807, 2.05) is 32.8 Å². The first-order valence-electron chi connectivity index (χ1n) is 5.87. The van der Waals surface area contributed by atoms with E-state index in [1.165, 1.54) is 0 Å². The van der Waals surface area contributed by atoms with Crippen LogP contribution in [0.4, 0.5) is 0 Å². The van der Waals surface area contributed by atoms with Crippen LogP contribution in [-0.2, 0) is 6.54 Å². The summed E-state index contributed by atoms with van der Waals surface area (Å²) < 4.78 is 1.71. The SMILES string of the molecule is CCC(C)C(=O)c1c(Cl)cnn1CCN(C)C. The van der Waals surface area contributed by atoms with Gasteiger partial charge in [0.25, 0.3) is 0 Å². The van der Waals surface area contributed by atoms with Crippen LogP contribution in [0, 0.1) is 5.92 Å². The normalized spacial score (nSPS) is 13.1. The predicted octanol–water partition coefficient (Wildman–Crippen LogP) is 2.33. The summed E-state index contributed by atoms with van der Waals surface area (Å²) in [4.78, 5) is 14.2. The van der Waals surface area contributed by atoms with Crippen LogP contribution in [0.15, 0.2) is 6.20 Å². The highest BCUT2D eigenvalue weighted by Gasteiger charge is 2.21.